The van der Waals surface area contributed by atoms with E-state index in [9.17, 15) is 4.79 Å². The summed E-state index contributed by atoms with van der Waals surface area (Å²) >= 11 is 0. The number of hydrogen-bond donors (Lipinski definition) is 1. The summed E-state index contributed by atoms with van der Waals surface area (Å²) < 4.78 is 10.7. The average Bonchev–Trinajstić information content (AvgIpc) is 3.34. The Morgan fingerprint density at radius 1 is 1.26 bits per heavy atom. The third-order valence-corrected chi connectivity index (χ3v) is 4.98. The van der Waals surface area contributed by atoms with Gasteiger partial charge in [-0.3, -0.25) is 0 Å². The van der Waals surface area contributed by atoms with Crippen LogP contribution in [0.1, 0.15) is 38.2 Å². The predicted molar refractivity (Wildman–Crippen MR) is 89.0 cm³/mol. The van der Waals surface area contributed by atoms with E-state index in [0.29, 0.717) is 17.4 Å². The van der Waals surface area contributed by atoms with Gasteiger partial charge in [0.2, 0.25) is 0 Å². The van der Waals surface area contributed by atoms with Crippen LogP contribution in [-0.2, 0) is 5.54 Å². The zero-order valence-electron chi connectivity index (χ0n) is 14.2. The van der Waals surface area contributed by atoms with Gasteiger partial charge in [-0.15, -0.1) is 0 Å². The summed E-state index contributed by atoms with van der Waals surface area (Å²) in [5.41, 5.74) is 0.852. The number of amides is 2. The minimum Gasteiger partial charge on any atom is -0.493 e. The number of likely N-dealkylation sites (tertiary alicyclic amines) is 1. The fraction of sp³-hybridized carbons (Fsp3) is 0.611. The SMILES string of the molecule is COc1ccc(C2(NC(=O)N3CCCC(C)C3)CC2)cc1OC. The number of urea groups is 1. The van der Waals surface area contributed by atoms with Crippen molar-refractivity contribution in [2.75, 3.05) is 27.3 Å². The van der Waals surface area contributed by atoms with Gasteiger partial charge in [0.05, 0.1) is 19.8 Å². The maximum Gasteiger partial charge on any atom is 0.318 e. The van der Waals surface area contributed by atoms with Gasteiger partial charge in [-0.25, -0.2) is 4.79 Å². The normalized spacial score (nSPS) is 22.4. The summed E-state index contributed by atoms with van der Waals surface area (Å²) in [4.78, 5) is 14.6. The second-order valence-electron chi connectivity index (χ2n) is 6.78. The summed E-state index contributed by atoms with van der Waals surface area (Å²) in [7, 11) is 3.26. The molecule has 3 rings (SSSR count). The molecule has 2 fully saturated rings. The van der Waals surface area contributed by atoms with E-state index >= 15 is 0 Å². The van der Waals surface area contributed by atoms with Crippen LogP contribution in [0.2, 0.25) is 0 Å². The third kappa shape index (κ3) is 3.23. The fourth-order valence-electron chi connectivity index (χ4n) is 3.40. The van der Waals surface area contributed by atoms with Crippen LogP contribution < -0.4 is 14.8 Å². The Morgan fingerprint density at radius 2 is 2.00 bits per heavy atom. The molecule has 1 aromatic carbocycles. The molecular formula is C18H26N2O3. The largest absolute Gasteiger partial charge is 0.493 e. The van der Waals surface area contributed by atoms with Crippen molar-refractivity contribution in [3.8, 4) is 11.5 Å². The first-order valence-corrected chi connectivity index (χ1v) is 8.37. The molecule has 1 aliphatic carbocycles. The van der Waals surface area contributed by atoms with Gasteiger partial charge in [0.25, 0.3) is 0 Å². The first-order valence-electron chi connectivity index (χ1n) is 8.37. The molecule has 0 aromatic heterocycles. The standard InChI is InChI=1S/C18H26N2O3/c1-13-5-4-10-20(12-13)17(21)19-18(8-9-18)14-6-7-15(22-2)16(11-14)23-3/h6-7,11,13H,4-5,8-10,12H2,1-3H3,(H,19,21). The quantitative estimate of drug-likeness (QED) is 0.928. The van der Waals surface area contributed by atoms with Gasteiger partial charge in [0, 0.05) is 13.1 Å². The van der Waals surface area contributed by atoms with Crippen molar-refractivity contribution < 1.29 is 14.3 Å². The van der Waals surface area contributed by atoms with Crippen molar-refractivity contribution in [1.29, 1.82) is 0 Å². The number of methoxy groups -OCH3 is 2. The minimum absolute atomic E-state index is 0.0591. The van der Waals surface area contributed by atoms with Crippen LogP contribution >= 0.6 is 0 Å². The monoisotopic (exact) mass is 318 g/mol. The minimum atomic E-state index is -0.239. The highest BCUT2D eigenvalue weighted by molar-refractivity contribution is 5.76. The zero-order valence-corrected chi connectivity index (χ0v) is 14.2. The van der Waals surface area contributed by atoms with Crippen LogP contribution in [0, 0.1) is 5.92 Å². The van der Waals surface area contributed by atoms with Crippen molar-refractivity contribution in [2.45, 2.75) is 38.1 Å². The maximum absolute atomic E-state index is 12.6. The van der Waals surface area contributed by atoms with E-state index in [-0.39, 0.29) is 11.6 Å². The number of benzene rings is 1. The molecule has 1 aliphatic heterocycles. The molecule has 0 bridgehead atoms. The number of piperidine rings is 1. The molecule has 1 unspecified atom stereocenters. The van der Waals surface area contributed by atoms with E-state index in [1.807, 2.05) is 23.1 Å². The first kappa shape index (κ1) is 16.0. The van der Waals surface area contributed by atoms with Crippen molar-refractivity contribution >= 4 is 6.03 Å². The lowest BCUT2D eigenvalue weighted by atomic mass is 10.0. The topological polar surface area (TPSA) is 50.8 Å². The summed E-state index contributed by atoms with van der Waals surface area (Å²) in [6.07, 6.45) is 4.25. The van der Waals surface area contributed by atoms with Crippen molar-refractivity contribution in [3.05, 3.63) is 23.8 Å². The van der Waals surface area contributed by atoms with E-state index in [4.69, 9.17) is 9.47 Å². The molecule has 5 nitrogen and oxygen atoms in total. The molecule has 2 aliphatic rings. The summed E-state index contributed by atoms with van der Waals surface area (Å²) in [6, 6.07) is 5.96. The number of carbonyl (C=O) groups excluding carboxylic acids is 1. The molecule has 1 atom stereocenters. The van der Waals surface area contributed by atoms with E-state index in [0.717, 1.165) is 37.9 Å². The van der Waals surface area contributed by atoms with E-state index in [1.165, 1.54) is 6.42 Å². The smallest absolute Gasteiger partial charge is 0.318 e. The number of carbonyl (C=O) groups is 1. The van der Waals surface area contributed by atoms with Crippen LogP contribution in [0.4, 0.5) is 4.79 Å². The molecule has 2 amide bonds. The van der Waals surface area contributed by atoms with Gasteiger partial charge < -0.3 is 19.7 Å². The lowest BCUT2D eigenvalue weighted by molar-refractivity contribution is 0.165. The summed E-state index contributed by atoms with van der Waals surface area (Å²) in [6.45, 7) is 3.92. The van der Waals surface area contributed by atoms with Crippen LogP contribution in [0.5, 0.6) is 11.5 Å². The molecule has 1 aromatic rings. The number of hydrogen-bond acceptors (Lipinski definition) is 3. The van der Waals surface area contributed by atoms with Crippen molar-refractivity contribution in [1.82, 2.24) is 10.2 Å². The van der Waals surface area contributed by atoms with Crippen molar-refractivity contribution in [3.63, 3.8) is 0 Å². The Labute approximate surface area is 137 Å². The van der Waals surface area contributed by atoms with Crippen molar-refractivity contribution in [2.24, 2.45) is 5.92 Å². The molecule has 1 saturated heterocycles. The Balaban J connectivity index is 1.73. The van der Waals surface area contributed by atoms with Gasteiger partial charge >= 0.3 is 6.03 Å². The van der Waals surface area contributed by atoms with Crippen LogP contribution in [0.25, 0.3) is 0 Å². The van der Waals surface area contributed by atoms with Crippen LogP contribution in [-0.4, -0.2) is 38.2 Å². The molecular weight excluding hydrogens is 292 g/mol. The average molecular weight is 318 g/mol. The Hall–Kier alpha value is -1.91. The second kappa shape index (κ2) is 6.30. The van der Waals surface area contributed by atoms with E-state index < -0.39 is 0 Å². The predicted octanol–water partition coefficient (Wildman–Crippen LogP) is 3.13. The van der Waals surface area contributed by atoms with Crippen LogP contribution in [0.15, 0.2) is 18.2 Å². The molecule has 1 N–H and O–H groups in total. The molecule has 1 saturated carbocycles. The highest BCUT2D eigenvalue weighted by atomic mass is 16.5. The van der Waals surface area contributed by atoms with Gasteiger partial charge in [0.15, 0.2) is 11.5 Å². The Bertz CT molecular complexity index is 584. The lowest BCUT2D eigenvalue weighted by Crippen LogP contribution is -2.48. The number of nitrogens with zero attached hydrogens (tertiary/aromatic N) is 1. The maximum atomic E-state index is 12.6. The Morgan fingerprint density at radius 3 is 2.61 bits per heavy atom. The number of nitrogens with one attached hydrogen (secondary N) is 1. The molecule has 126 valence electrons. The molecule has 1 heterocycles. The summed E-state index contributed by atoms with van der Waals surface area (Å²) in [5.74, 6) is 2.01. The van der Waals surface area contributed by atoms with Gasteiger partial charge in [0.1, 0.15) is 0 Å². The highest BCUT2D eigenvalue weighted by Gasteiger charge is 2.47. The Kier molecular flexibility index (Phi) is 4.37. The van der Waals surface area contributed by atoms with Gasteiger partial charge in [-0.1, -0.05) is 13.0 Å². The molecule has 0 radical (unpaired) electrons. The zero-order chi connectivity index (χ0) is 16.4. The van der Waals surface area contributed by atoms with Gasteiger partial charge in [-0.05, 0) is 49.3 Å². The molecule has 23 heavy (non-hydrogen) atoms. The van der Waals surface area contributed by atoms with Crippen LogP contribution in [0.3, 0.4) is 0 Å². The van der Waals surface area contributed by atoms with Gasteiger partial charge in [-0.2, -0.15) is 0 Å². The third-order valence-electron chi connectivity index (χ3n) is 4.98. The number of rotatable bonds is 4. The highest BCUT2D eigenvalue weighted by Crippen LogP contribution is 2.47. The lowest BCUT2D eigenvalue weighted by Gasteiger charge is -2.32. The number of ether oxygens (including phenoxy) is 2. The molecule has 0 spiro atoms. The second-order valence-corrected chi connectivity index (χ2v) is 6.78. The first-order chi connectivity index (χ1) is 11.1. The molecule has 5 heteroatoms. The fourth-order valence-corrected chi connectivity index (χ4v) is 3.40. The summed E-state index contributed by atoms with van der Waals surface area (Å²) in [5, 5.41) is 3.25. The van der Waals surface area contributed by atoms with E-state index in [2.05, 4.69) is 12.2 Å². The van der Waals surface area contributed by atoms with E-state index in [1.54, 1.807) is 14.2 Å².